The molecule has 0 unspecified atom stereocenters. The monoisotopic (exact) mass is 413 g/mol. The lowest BCUT2D eigenvalue weighted by atomic mass is 10.1. The van der Waals surface area contributed by atoms with E-state index in [1.807, 2.05) is 53.4 Å². The molecule has 2 aromatic carbocycles. The van der Waals surface area contributed by atoms with Crippen LogP contribution in [0.5, 0.6) is 0 Å². The maximum absolute atomic E-state index is 13.0. The molecule has 156 valence electrons. The molecule has 0 atom stereocenters. The summed E-state index contributed by atoms with van der Waals surface area (Å²) in [5.41, 5.74) is 2.53. The summed E-state index contributed by atoms with van der Waals surface area (Å²) in [6, 6.07) is 22.3. The third kappa shape index (κ3) is 5.17. The Balaban J connectivity index is 1.44. The summed E-state index contributed by atoms with van der Waals surface area (Å²) in [4.78, 5) is 30.8. The van der Waals surface area contributed by atoms with Gasteiger partial charge in [-0.05, 0) is 36.2 Å². The minimum atomic E-state index is -0.390. The number of fused-ring (bicyclic) bond motifs is 1. The van der Waals surface area contributed by atoms with Gasteiger partial charge in [0.15, 0.2) is 0 Å². The highest BCUT2D eigenvalue weighted by molar-refractivity contribution is 5.94. The van der Waals surface area contributed by atoms with Gasteiger partial charge in [0.25, 0.3) is 5.91 Å². The lowest BCUT2D eigenvalue weighted by molar-refractivity contribution is 0.0742. The second-order valence-electron chi connectivity index (χ2n) is 7.21. The molecule has 31 heavy (non-hydrogen) atoms. The predicted molar refractivity (Wildman–Crippen MR) is 121 cm³/mol. The van der Waals surface area contributed by atoms with E-state index in [9.17, 15) is 9.59 Å². The van der Waals surface area contributed by atoms with Crippen molar-refractivity contribution in [1.29, 1.82) is 0 Å². The Morgan fingerprint density at radius 3 is 2.61 bits per heavy atom. The van der Waals surface area contributed by atoms with Crippen LogP contribution in [0.1, 0.15) is 22.3 Å². The molecule has 4 rings (SSSR count). The number of anilines is 1. The van der Waals surface area contributed by atoms with E-state index >= 15 is 0 Å². The predicted octanol–water partition coefficient (Wildman–Crippen LogP) is 4.33. The smallest absolute Gasteiger partial charge is 0.338 e. The fourth-order valence-electron chi connectivity index (χ4n) is 3.48. The van der Waals surface area contributed by atoms with Crippen LogP contribution in [0.25, 0.3) is 11.0 Å². The molecule has 0 saturated heterocycles. The molecule has 0 aliphatic rings. The van der Waals surface area contributed by atoms with Gasteiger partial charge in [0.1, 0.15) is 5.58 Å². The molecule has 0 fully saturated rings. The lowest BCUT2D eigenvalue weighted by Gasteiger charge is -2.23. The zero-order valence-corrected chi connectivity index (χ0v) is 17.0. The Morgan fingerprint density at radius 1 is 1.00 bits per heavy atom. The first-order valence-electron chi connectivity index (χ1n) is 10.2. The standard InChI is InChI=1S/C25H23N3O3/c29-24-16-22(21-11-4-5-12-23(21)31-24)27-14-7-15-28(18-19-8-2-1-3-9-19)25(30)20-10-6-13-26-17-20/h1-6,8-13,16-17,27H,7,14-15,18H2. The highest BCUT2D eigenvalue weighted by atomic mass is 16.4. The number of rotatable bonds is 8. The van der Waals surface area contributed by atoms with E-state index in [0.717, 1.165) is 16.6 Å². The molecule has 1 amide bonds. The van der Waals surface area contributed by atoms with Crippen molar-refractivity contribution in [3.63, 3.8) is 0 Å². The van der Waals surface area contributed by atoms with Crippen LogP contribution in [0, 0.1) is 0 Å². The van der Waals surface area contributed by atoms with Crippen LogP contribution in [0.15, 0.2) is 94.4 Å². The number of amides is 1. The Labute approximate surface area is 180 Å². The number of nitrogens with zero attached hydrogens (tertiary/aromatic N) is 2. The number of hydrogen-bond acceptors (Lipinski definition) is 5. The molecule has 0 saturated carbocycles. The second-order valence-corrected chi connectivity index (χ2v) is 7.21. The number of pyridine rings is 1. The van der Waals surface area contributed by atoms with Gasteiger partial charge in [0, 0.05) is 43.5 Å². The largest absolute Gasteiger partial charge is 0.423 e. The molecular formula is C25H23N3O3. The van der Waals surface area contributed by atoms with Gasteiger partial charge < -0.3 is 14.6 Å². The van der Waals surface area contributed by atoms with Crippen molar-refractivity contribution in [3.05, 3.63) is 107 Å². The van der Waals surface area contributed by atoms with Crippen molar-refractivity contribution < 1.29 is 9.21 Å². The molecule has 0 radical (unpaired) electrons. The number of para-hydroxylation sites is 1. The molecular weight excluding hydrogens is 390 g/mol. The summed E-state index contributed by atoms with van der Waals surface area (Å²) >= 11 is 0. The number of carbonyl (C=O) groups excluding carboxylic acids is 1. The van der Waals surface area contributed by atoms with Gasteiger partial charge in [-0.15, -0.1) is 0 Å². The number of carbonyl (C=O) groups is 1. The molecule has 4 aromatic rings. The number of hydrogen-bond donors (Lipinski definition) is 1. The van der Waals surface area contributed by atoms with E-state index in [-0.39, 0.29) is 5.91 Å². The van der Waals surface area contributed by atoms with E-state index in [4.69, 9.17) is 4.42 Å². The Morgan fingerprint density at radius 2 is 1.81 bits per heavy atom. The Bertz CT molecular complexity index is 1210. The van der Waals surface area contributed by atoms with Crippen molar-refractivity contribution in [2.45, 2.75) is 13.0 Å². The fraction of sp³-hybridized carbons (Fsp3) is 0.160. The van der Waals surface area contributed by atoms with E-state index in [1.165, 1.54) is 6.07 Å². The molecule has 0 spiro atoms. The van der Waals surface area contributed by atoms with Gasteiger partial charge in [-0.1, -0.05) is 42.5 Å². The van der Waals surface area contributed by atoms with Gasteiger partial charge in [-0.2, -0.15) is 0 Å². The Kier molecular flexibility index (Phi) is 6.38. The summed E-state index contributed by atoms with van der Waals surface area (Å²) in [6.45, 7) is 1.69. The van der Waals surface area contributed by atoms with Gasteiger partial charge in [-0.3, -0.25) is 9.78 Å². The first kappa shape index (κ1) is 20.3. The maximum Gasteiger partial charge on any atom is 0.338 e. The number of nitrogens with one attached hydrogen (secondary N) is 1. The van der Waals surface area contributed by atoms with Gasteiger partial charge in [0.2, 0.25) is 0 Å². The minimum Gasteiger partial charge on any atom is -0.423 e. The van der Waals surface area contributed by atoms with E-state index in [0.29, 0.717) is 37.2 Å². The molecule has 6 heteroatoms. The summed E-state index contributed by atoms with van der Waals surface area (Å²) in [5, 5.41) is 4.17. The van der Waals surface area contributed by atoms with E-state index < -0.39 is 5.63 Å². The molecule has 2 heterocycles. The summed E-state index contributed by atoms with van der Waals surface area (Å²) in [5.74, 6) is -0.0530. The SMILES string of the molecule is O=C(c1cccnc1)N(CCCNc1cc(=O)oc2ccccc12)Cc1ccccc1. The Hall–Kier alpha value is -3.93. The highest BCUT2D eigenvalue weighted by Crippen LogP contribution is 2.21. The van der Waals surface area contributed by atoms with Crippen LogP contribution in [-0.2, 0) is 6.54 Å². The zero-order valence-electron chi connectivity index (χ0n) is 17.0. The van der Waals surface area contributed by atoms with Crippen LogP contribution >= 0.6 is 0 Å². The number of aromatic nitrogens is 1. The summed E-state index contributed by atoms with van der Waals surface area (Å²) in [7, 11) is 0. The maximum atomic E-state index is 13.0. The van der Waals surface area contributed by atoms with Crippen molar-refractivity contribution in [1.82, 2.24) is 9.88 Å². The van der Waals surface area contributed by atoms with E-state index in [1.54, 1.807) is 30.6 Å². The van der Waals surface area contributed by atoms with Gasteiger partial charge in [-0.25, -0.2) is 4.79 Å². The quantitative estimate of drug-likeness (QED) is 0.344. The van der Waals surface area contributed by atoms with Crippen LogP contribution in [0.4, 0.5) is 5.69 Å². The van der Waals surface area contributed by atoms with Crippen molar-refractivity contribution >= 4 is 22.6 Å². The van der Waals surface area contributed by atoms with Crippen LogP contribution in [0.3, 0.4) is 0 Å². The van der Waals surface area contributed by atoms with Crippen LogP contribution < -0.4 is 10.9 Å². The van der Waals surface area contributed by atoms with Crippen molar-refractivity contribution in [2.75, 3.05) is 18.4 Å². The molecule has 0 aliphatic carbocycles. The molecule has 2 aromatic heterocycles. The minimum absolute atomic E-state index is 0.0530. The molecule has 0 aliphatic heterocycles. The third-order valence-electron chi connectivity index (χ3n) is 4.98. The van der Waals surface area contributed by atoms with Gasteiger partial charge >= 0.3 is 5.63 Å². The number of benzene rings is 2. The summed E-state index contributed by atoms with van der Waals surface area (Å²) in [6.07, 6.45) is 3.96. The first-order chi connectivity index (χ1) is 15.2. The lowest BCUT2D eigenvalue weighted by Crippen LogP contribution is -2.32. The van der Waals surface area contributed by atoms with E-state index in [2.05, 4.69) is 10.3 Å². The van der Waals surface area contributed by atoms with Crippen LogP contribution in [-0.4, -0.2) is 28.9 Å². The molecule has 6 nitrogen and oxygen atoms in total. The molecule has 0 bridgehead atoms. The summed E-state index contributed by atoms with van der Waals surface area (Å²) < 4.78 is 5.24. The average molecular weight is 413 g/mol. The van der Waals surface area contributed by atoms with Crippen LogP contribution in [0.2, 0.25) is 0 Å². The first-order valence-corrected chi connectivity index (χ1v) is 10.2. The normalized spacial score (nSPS) is 10.7. The average Bonchev–Trinajstić information content (AvgIpc) is 2.81. The van der Waals surface area contributed by atoms with Crippen molar-refractivity contribution in [3.8, 4) is 0 Å². The molecule has 1 N–H and O–H groups in total. The zero-order chi connectivity index (χ0) is 21.5. The second kappa shape index (κ2) is 9.71. The third-order valence-corrected chi connectivity index (χ3v) is 4.98. The fourth-order valence-corrected chi connectivity index (χ4v) is 3.48. The van der Waals surface area contributed by atoms with Crippen molar-refractivity contribution in [2.24, 2.45) is 0 Å². The highest BCUT2D eigenvalue weighted by Gasteiger charge is 2.16. The van der Waals surface area contributed by atoms with Gasteiger partial charge in [0.05, 0.1) is 11.3 Å². The topological polar surface area (TPSA) is 75.4 Å².